The number of quaternary nitrogens is 1. The Labute approximate surface area is 92.6 Å². The monoisotopic (exact) mass is 213 g/mol. The maximum atomic E-state index is 12.3. The van der Waals surface area contributed by atoms with Crippen LogP contribution in [0.3, 0.4) is 0 Å². The number of hydrogen-bond acceptors (Lipinski definition) is 2. The summed E-state index contributed by atoms with van der Waals surface area (Å²) in [5, 5.41) is 11.7. The minimum Gasteiger partial charge on any atom is -0.633 e. The summed E-state index contributed by atoms with van der Waals surface area (Å²) in [6.45, 7) is 6.35. The van der Waals surface area contributed by atoms with E-state index >= 15 is 0 Å². The average molecular weight is 213 g/mol. The molecule has 1 atom stereocenters. The van der Waals surface area contributed by atoms with Gasteiger partial charge in [0.1, 0.15) is 5.78 Å². The van der Waals surface area contributed by atoms with Gasteiger partial charge in [0.05, 0.1) is 26.1 Å². The molecule has 0 heterocycles. The Morgan fingerprint density at radius 1 is 1.27 bits per heavy atom. The molecule has 3 heteroatoms. The molecule has 15 heavy (non-hydrogen) atoms. The number of carbonyl (C=O) groups excluding carboxylic acids is 1. The Morgan fingerprint density at radius 2 is 1.80 bits per heavy atom. The number of ketones is 1. The Hall–Kier alpha value is -0.410. The van der Waals surface area contributed by atoms with Crippen molar-refractivity contribution in [3.8, 4) is 0 Å². The molecule has 0 radical (unpaired) electrons. The van der Waals surface area contributed by atoms with E-state index < -0.39 is 5.41 Å². The minimum absolute atomic E-state index is 0.248. The number of hydrogen-bond donors (Lipinski definition) is 0. The molecule has 0 N–H and O–H groups in total. The van der Waals surface area contributed by atoms with E-state index in [0.717, 1.165) is 19.3 Å². The summed E-state index contributed by atoms with van der Waals surface area (Å²) in [4.78, 5) is 12.3. The summed E-state index contributed by atoms with van der Waals surface area (Å²) in [5.74, 6) is 0.267. The summed E-state index contributed by atoms with van der Waals surface area (Å²) in [6, 6.07) is 0. The lowest BCUT2D eigenvalue weighted by Gasteiger charge is -2.46. The molecule has 0 aliphatic heterocycles. The highest BCUT2D eigenvalue weighted by Gasteiger charge is 2.47. The molecule has 0 bridgehead atoms. The van der Waals surface area contributed by atoms with Gasteiger partial charge in [-0.3, -0.25) is 4.79 Å². The van der Waals surface area contributed by atoms with Crippen LogP contribution < -0.4 is 0 Å². The largest absolute Gasteiger partial charge is 0.633 e. The van der Waals surface area contributed by atoms with E-state index in [1.807, 2.05) is 20.8 Å². The third-order valence-electron chi connectivity index (χ3n) is 3.42. The predicted molar refractivity (Wildman–Crippen MR) is 61.1 cm³/mol. The van der Waals surface area contributed by atoms with Crippen LogP contribution in [-0.2, 0) is 4.79 Å². The van der Waals surface area contributed by atoms with Crippen molar-refractivity contribution < 1.29 is 9.44 Å². The van der Waals surface area contributed by atoms with E-state index in [4.69, 9.17) is 0 Å². The van der Waals surface area contributed by atoms with Gasteiger partial charge in [-0.2, -0.15) is 0 Å². The van der Waals surface area contributed by atoms with E-state index in [1.165, 1.54) is 0 Å². The van der Waals surface area contributed by atoms with Gasteiger partial charge in [-0.05, 0) is 19.8 Å². The summed E-state index contributed by atoms with van der Waals surface area (Å²) in [5.41, 5.74) is -0.671. The highest BCUT2D eigenvalue weighted by Crippen LogP contribution is 2.43. The number of Topliss-reactive ketones (excluding diaryl/α,β-unsaturated/α-hetero) is 1. The van der Waals surface area contributed by atoms with Crippen LogP contribution in [0.25, 0.3) is 0 Å². The van der Waals surface area contributed by atoms with Crippen LogP contribution in [0.5, 0.6) is 0 Å². The van der Waals surface area contributed by atoms with Gasteiger partial charge >= 0.3 is 0 Å². The lowest BCUT2D eigenvalue weighted by Crippen LogP contribution is -2.52. The van der Waals surface area contributed by atoms with Crippen molar-refractivity contribution in [1.29, 1.82) is 0 Å². The standard InChI is InChI=1S/C12H23NO2/c1-11(2)7-6-8-12(3,10(11)14)9-13(4,5)15/h6-9H2,1-5H3. The molecule has 3 nitrogen and oxygen atoms in total. The molecular formula is C12H23NO2. The molecule has 1 aliphatic carbocycles. The zero-order chi connectivity index (χ0) is 11.9. The highest BCUT2D eigenvalue weighted by molar-refractivity contribution is 5.90. The number of hydroxylamine groups is 3. The highest BCUT2D eigenvalue weighted by atomic mass is 16.5. The first kappa shape index (κ1) is 12.7. The first-order valence-electron chi connectivity index (χ1n) is 5.66. The molecular weight excluding hydrogens is 190 g/mol. The van der Waals surface area contributed by atoms with Crippen molar-refractivity contribution in [2.45, 2.75) is 40.0 Å². The zero-order valence-electron chi connectivity index (χ0n) is 10.6. The molecule has 1 fully saturated rings. The summed E-state index contributed by atoms with van der Waals surface area (Å²) < 4.78 is -0.377. The molecule has 88 valence electrons. The Balaban J connectivity index is 2.88. The van der Waals surface area contributed by atoms with Gasteiger partial charge in [0.2, 0.25) is 0 Å². The first-order valence-corrected chi connectivity index (χ1v) is 5.66. The lowest BCUT2D eigenvalue weighted by molar-refractivity contribution is -0.845. The van der Waals surface area contributed by atoms with E-state index in [-0.39, 0.29) is 15.8 Å². The molecule has 1 aliphatic rings. The van der Waals surface area contributed by atoms with Gasteiger partial charge in [-0.1, -0.05) is 20.3 Å². The molecule has 0 aromatic rings. The fraction of sp³-hybridized carbons (Fsp3) is 0.917. The van der Waals surface area contributed by atoms with Crippen LogP contribution in [0.1, 0.15) is 40.0 Å². The second kappa shape index (κ2) is 3.56. The van der Waals surface area contributed by atoms with Crippen molar-refractivity contribution in [3.63, 3.8) is 0 Å². The zero-order valence-corrected chi connectivity index (χ0v) is 10.6. The number of nitrogens with zero attached hydrogens (tertiary/aromatic N) is 1. The van der Waals surface area contributed by atoms with Crippen molar-refractivity contribution in [1.82, 2.24) is 0 Å². The maximum absolute atomic E-state index is 12.3. The van der Waals surface area contributed by atoms with Gasteiger partial charge in [0, 0.05) is 5.41 Å². The van der Waals surface area contributed by atoms with Crippen LogP contribution in [-0.4, -0.2) is 31.1 Å². The van der Waals surface area contributed by atoms with Crippen LogP contribution >= 0.6 is 0 Å². The van der Waals surface area contributed by atoms with Crippen molar-refractivity contribution >= 4 is 5.78 Å². The normalized spacial score (nSPS) is 31.7. The lowest BCUT2D eigenvalue weighted by atomic mass is 9.63. The quantitative estimate of drug-likeness (QED) is 0.522. The minimum atomic E-state index is -0.424. The third kappa shape index (κ3) is 2.79. The van der Waals surface area contributed by atoms with Crippen molar-refractivity contribution in [2.24, 2.45) is 10.8 Å². The van der Waals surface area contributed by atoms with Crippen molar-refractivity contribution in [3.05, 3.63) is 5.21 Å². The Kier molecular flexibility index (Phi) is 3.01. The van der Waals surface area contributed by atoms with Gasteiger partial charge in [0.25, 0.3) is 0 Å². The number of rotatable bonds is 2. The van der Waals surface area contributed by atoms with E-state index in [0.29, 0.717) is 6.54 Å². The number of carbonyl (C=O) groups is 1. The molecule has 1 saturated carbocycles. The van der Waals surface area contributed by atoms with Crippen molar-refractivity contribution in [2.75, 3.05) is 20.6 Å². The molecule has 0 amide bonds. The molecule has 0 aromatic carbocycles. The fourth-order valence-electron chi connectivity index (χ4n) is 2.96. The second-order valence-electron chi connectivity index (χ2n) is 6.36. The average Bonchev–Trinajstić information content (AvgIpc) is 1.96. The van der Waals surface area contributed by atoms with Crippen LogP contribution in [0.4, 0.5) is 0 Å². The maximum Gasteiger partial charge on any atom is 0.149 e. The van der Waals surface area contributed by atoms with Gasteiger partial charge in [-0.15, -0.1) is 0 Å². The van der Waals surface area contributed by atoms with E-state index in [2.05, 4.69) is 0 Å². The fourth-order valence-corrected chi connectivity index (χ4v) is 2.96. The first-order chi connectivity index (χ1) is 6.57. The van der Waals surface area contributed by atoms with Crippen LogP contribution in [0.2, 0.25) is 0 Å². The van der Waals surface area contributed by atoms with E-state index in [9.17, 15) is 10.0 Å². The summed E-state index contributed by atoms with van der Waals surface area (Å²) in [6.07, 6.45) is 2.86. The molecule has 0 spiro atoms. The molecule has 1 unspecified atom stereocenters. The second-order valence-corrected chi connectivity index (χ2v) is 6.36. The van der Waals surface area contributed by atoms with E-state index in [1.54, 1.807) is 14.1 Å². The van der Waals surface area contributed by atoms with Crippen LogP contribution in [0, 0.1) is 16.0 Å². The molecule has 0 aromatic heterocycles. The SMILES string of the molecule is CC1(C)CCCC(C)(C[N+](C)(C)[O-])C1=O. The Bertz CT molecular complexity index is 265. The Morgan fingerprint density at radius 3 is 2.27 bits per heavy atom. The molecule has 0 saturated heterocycles. The third-order valence-corrected chi connectivity index (χ3v) is 3.42. The predicted octanol–water partition coefficient (Wildman–Crippen LogP) is 2.35. The summed E-state index contributed by atoms with van der Waals surface area (Å²) in [7, 11) is 3.22. The summed E-state index contributed by atoms with van der Waals surface area (Å²) >= 11 is 0. The topological polar surface area (TPSA) is 40.1 Å². The van der Waals surface area contributed by atoms with Gasteiger partial charge in [-0.25, -0.2) is 0 Å². The van der Waals surface area contributed by atoms with Gasteiger partial charge < -0.3 is 9.85 Å². The molecule has 1 rings (SSSR count). The smallest absolute Gasteiger partial charge is 0.149 e. The van der Waals surface area contributed by atoms with Gasteiger partial charge in [0.15, 0.2) is 0 Å². The van der Waals surface area contributed by atoms with Crippen LogP contribution in [0.15, 0.2) is 0 Å².